The van der Waals surface area contributed by atoms with Crippen molar-refractivity contribution in [1.82, 2.24) is 15.2 Å². The van der Waals surface area contributed by atoms with E-state index in [1.165, 1.54) is 11.3 Å². The van der Waals surface area contributed by atoms with E-state index in [9.17, 15) is 9.59 Å². The molecular weight excluding hydrogens is 350 g/mol. The Labute approximate surface area is 156 Å². The van der Waals surface area contributed by atoms with Crippen molar-refractivity contribution in [3.05, 3.63) is 52.5 Å². The maximum atomic E-state index is 12.3. The molecule has 0 bridgehead atoms. The van der Waals surface area contributed by atoms with Crippen LogP contribution in [0.2, 0.25) is 0 Å². The maximum absolute atomic E-state index is 12.3. The van der Waals surface area contributed by atoms with Crippen LogP contribution in [0.15, 0.2) is 42.0 Å². The third kappa shape index (κ3) is 3.64. The molecule has 1 spiro atoms. The first kappa shape index (κ1) is 17.2. The Morgan fingerprint density at radius 1 is 1.31 bits per heavy atom. The fourth-order valence-corrected chi connectivity index (χ4v) is 4.37. The number of likely N-dealkylation sites (tertiary alicyclic amines) is 1. The van der Waals surface area contributed by atoms with Gasteiger partial charge in [-0.25, -0.2) is 0 Å². The normalized spacial score (nSPS) is 20.8. The van der Waals surface area contributed by atoms with Crippen LogP contribution in [0, 0.1) is 5.92 Å². The molecule has 4 rings (SSSR count). The van der Waals surface area contributed by atoms with Crippen LogP contribution in [-0.4, -0.2) is 47.0 Å². The number of amides is 2. The number of rotatable bonds is 5. The number of nitrogens with one attached hydrogen (secondary N) is 1. The molecule has 1 N–H and O–H groups in total. The van der Waals surface area contributed by atoms with Gasteiger partial charge in [-0.1, -0.05) is 6.07 Å². The van der Waals surface area contributed by atoms with Crippen LogP contribution >= 0.6 is 11.3 Å². The lowest BCUT2D eigenvalue weighted by molar-refractivity contribution is -0.122. The first-order valence-corrected chi connectivity index (χ1v) is 9.64. The van der Waals surface area contributed by atoms with Crippen LogP contribution in [-0.2, 0) is 16.1 Å². The van der Waals surface area contributed by atoms with Gasteiger partial charge in [0, 0.05) is 25.4 Å². The van der Waals surface area contributed by atoms with Gasteiger partial charge in [0.1, 0.15) is 5.60 Å². The second-order valence-electron chi connectivity index (χ2n) is 7.04. The Bertz CT molecular complexity index is 773. The van der Waals surface area contributed by atoms with Crippen molar-refractivity contribution >= 4 is 23.2 Å². The number of nitrogens with zero attached hydrogens (tertiary/aromatic N) is 2. The second kappa shape index (κ2) is 7.17. The van der Waals surface area contributed by atoms with Gasteiger partial charge in [0.15, 0.2) is 0 Å². The molecular formula is C19H21N3O3S. The zero-order valence-corrected chi connectivity index (χ0v) is 15.2. The number of ether oxygens (including phenoxy) is 1. The highest BCUT2D eigenvalue weighted by molar-refractivity contribution is 7.12. The zero-order chi connectivity index (χ0) is 18.0. The molecule has 2 aromatic rings. The van der Waals surface area contributed by atoms with Crippen molar-refractivity contribution in [3.8, 4) is 0 Å². The first-order valence-electron chi connectivity index (χ1n) is 8.76. The van der Waals surface area contributed by atoms with Crippen LogP contribution in [0.5, 0.6) is 0 Å². The molecule has 2 aliphatic rings. The molecule has 6 nitrogen and oxygen atoms in total. The third-order valence-electron chi connectivity index (χ3n) is 4.98. The molecule has 7 heteroatoms. The minimum absolute atomic E-state index is 0.0401. The zero-order valence-electron chi connectivity index (χ0n) is 14.4. The lowest BCUT2D eigenvalue weighted by atomic mass is 9.85. The van der Waals surface area contributed by atoms with E-state index >= 15 is 0 Å². The van der Waals surface area contributed by atoms with E-state index in [4.69, 9.17) is 4.74 Å². The first-order chi connectivity index (χ1) is 12.6. The highest BCUT2D eigenvalue weighted by atomic mass is 32.1. The Morgan fingerprint density at radius 2 is 2.12 bits per heavy atom. The summed E-state index contributed by atoms with van der Waals surface area (Å²) < 4.78 is 5.97. The molecule has 1 unspecified atom stereocenters. The number of hydrogen-bond acceptors (Lipinski definition) is 5. The van der Waals surface area contributed by atoms with Gasteiger partial charge in [-0.15, -0.1) is 11.3 Å². The molecule has 0 saturated carbocycles. The lowest BCUT2D eigenvalue weighted by Crippen LogP contribution is -2.63. The van der Waals surface area contributed by atoms with E-state index in [2.05, 4.69) is 10.3 Å². The number of pyridine rings is 1. The van der Waals surface area contributed by atoms with Gasteiger partial charge in [-0.2, -0.15) is 0 Å². The topological polar surface area (TPSA) is 71.5 Å². The van der Waals surface area contributed by atoms with E-state index in [1.807, 2.05) is 34.5 Å². The molecule has 2 amide bonds. The van der Waals surface area contributed by atoms with E-state index in [1.54, 1.807) is 12.4 Å². The van der Waals surface area contributed by atoms with Crippen molar-refractivity contribution in [3.63, 3.8) is 0 Å². The van der Waals surface area contributed by atoms with Gasteiger partial charge in [-0.05, 0) is 41.5 Å². The molecule has 0 radical (unpaired) electrons. The molecule has 1 atom stereocenters. The van der Waals surface area contributed by atoms with E-state index in [-0.39, 0.29) is 23.3 Å². The number of carbonyl (C=O) groups excluding carboxylic acids is 2. The van der Waals surface area contributed by atoms with Crippen molar-refractivity contribution in [2.75, 3.05) is 19.7 Å². The second-order valence-corrected chi connectivity index (χ2v) is 7.99. The molecule has 0 aliphatic carbocycles. The Balaban J connectivity index is 1.22. The van der Waals surface area contributed by atoms with Crippen molar-refractivity contribution in [2.45, 2.75) is 25.0 Å². The minimum atomic E-state index is -0.247. The number of carbonyl (C=O) groups is 2. The van der Waals surface area contributed by atoms with Crippen LogP contribution in [0.3, 0.4) is 0 Å². The Kier molecular flexibility index (Phi) is 4.74. The molecule has 136 valence electrons. The summed E-state index contributed by atoms with van der Waals surface area (Å²) >= 11 is 1.46. The summed E-state index contributed by atoms with van der Waals surface area (Å²) in [5.74, 6) is 0.331. The number of hydrogen-bond donors (Lipinski definition) is 1. The highest BCUT2D eigenvalue weighted by Crippen LogP contribution is 2.39. The standard InChI is InChI=1S/C19H21N3O3S/c23-17(21-10-14-3-5-20-6-4-14)8-15-9-19(25-11-15)12-22(13-19)18(24)16-2-1-7-26-16/h1-7,15H,8-13H2,(H,21,23). The van der Waals surface area contributed by atoms with Gasteiger partial charge in [0.05, 0.1) is 24.6 Å². The largest absolute Gasteiger partial charge is 0.371 e. The maximum Gasteiger partial charge on any atom is 0.264 e. The van der Waals surface area contributed by atoms with Crippen LogP contribution < -0.4 is 5.32 Å². The van der Waals surface area contributed by atoms with Crippen LogP contribution in [0.4, 0.5) is 0 Å². The summed E-state index contributed by atoms with van der Waals surface area (Å²) in [6.45, 7) is 2.35. The van der Waals surface area contributed by atoms with Gasteiger partial charge >= 0.3 is 0 Å². The summed E-state index contributed by atoms with van der Waals surface area (Å²) in [6.07, 6.45) is 4.74. The molecule has 2 saturated heterocycles. The van der Waals surface area contributed by atoms with Gasteiger partial charge in [0.2, 0.25) is 5.91 Å². The SMILES string of the molecule is O=C(CC1COC2(C1)CN(C(=O)c1cccs1)C2)NCc1ccncc1. The molecule has 2 fully saturated rings. The quantitative estimate of drug-likeness (QED) is 0.874. The van der Waals surface area contributed by atoms with E-state index in [0.29, 0.717) is 32.7 Å². The Hall–Kier alpha value is -2.25. The summed E-state index contributed by atoms with van der Waals surface area (Å²) in [5, 5.41) is 4.86. The number of aromatic nitrogens is 1. The molecule has 26 heavy (non-hydrogen) atoms. The van der Waals surface area contributed by atoms with Crippen molar-refractivity contribution in [1.29, 1.82) is 0 Å². The summed E-state index contributed by atoms with van der Waals surface area (Å²) in [7, 11) is 0. The number of thiophene rings is 1. The minimum Gasteiger partial charge on any atom is -0.371 e. The fraction of sp³-hybridized carbons (Fsp3) is 0.421. The summed E-state index contributed by atoms with van der Waals surface area (Å²) in [5.41, 5.74) is 0.789. The molecule has 4 heterocycles. The average molecular weight is 371 g/mol. The average Bonchev–Trinajstić information content (AvgIpc) is 3.29. The van der Waals surface area contributed by atoms with Crippen molar-refractivity contribution in [2.24, 2.45) is 5.92 Å². The van der Waals surface area contributed by atoms with E-state index < -0.39 is 0 Å². The monoisotopic (exact) mass is 371 g/mol. The van der Waals surface area contributed by atoms with Crippen LogP contribution in [0.1, 0.15) is 28.1 Å². The van der Waals surface area contributed by atoms with Gasteiger partial charge in [0.25, 0.3) is 5.91 Å². The lowest BCUT2D eigenvalue weighted by Gasteiger charge is -2.47. The fourth-order valence-electron chi connectivity index (χ4n) is 3.67. The van der Waals surface area contributed by atoms with E-state index in [0.717, 1.165) is 16.9 Å². The smallest absolute Gasteiger partial charge is 0.264 e. The van der Waals surface area contributed by atoms with Gasteiger partial charge in [-0.3, -0.25) is 14.6 Å². The Morgan fingerprint density at radius 3 is 2.85 bits per heavy atom. The molecule has 0 aromatic carbocycles. The predicted octanol–water partition coefficient (Wildman–Crippen LogP) is 2.08. The summed E-state index contributed by atoms with van der Waals surface area (Å²) in [6, 6.07) is 7.52. The van der Waals surface area contributed by atoms with Crippen LogP contribution in [0.25, 0.3) is 0 Å². The molecule has 2 aliphatic heterocycles. The third-order valence-corrected chi connectivity index (χ3v) is 5.83. The highest BCUT2D eigenvalue weighted by Gasteiger charge is 2.51. The van der Waals surface area contributed by atoms with Gasteiger partial charge < -0.3 is 15.0 Å². The predicted molar refractivity (Wildman–Crippen MR) is 97.7 cm³/mol. The summed E-state index contributed by atoms with van der Waals surface area (Å²) in [4.78, 5) is 31.1. The van der Waals surface area contributed by atoms with Crippen molar-refractivity contribution < 1.29 is 14.3 Å². The molecule has 2 aromatic heterocycles.